The summed E-state index contributed by atoms with van der Waals surface area (Å²) < 4.78 is 27.8. The SMILES string of the molecule is Cc1ccc(S(=O)(=O)NCCc2ccc(N3CCN(C)CC3)cc2)c(C)c1. The highest BCUT2D eigenvalue weighted by molar-refractivity contribution is 7.89. The second-order valence-electron chi connectivity index (χ2n) is 7.37. The van der Waals surface area contributed by atoms with Crippen molar-refractivity contribution in [1.82, 2.24) is 9.62 Å². The van der Waals surface area contributed by atoms with Gasteiger partial charge in [-0.1, -0.05) is 29.8 Å². The molecular formula is C21H29N3O2S. The van der Waals surface area contributed by atoms with Gasteiger partial charge >= 0.3 is 0 Å². The molecule has 146 valence electrons. The van der Waals surface area contributed by atoms with Gasteiger partial charge in [-0.3, -0.25) is 0 Å². The van der Waals surface area contributed by atoms with E-state index in [0.717, 1.165) is 42.9 Å². The lowest BCUT2D eigenvalue weighted by molar-refractivity contribution is 0.313. The Balaban J connectivity index is 1.55. The average molecular weight is 388 g/mol. The minimum atomic E-state index is -3.47. The van der Waals surface area contributed by atoms with Gasteiger partial charge in [0.05, 0.1) is 4.90 Å². The third kappa shape index (κ3) is 5.09. The van der Waals surface area contributed by atoms with E-state index in [9.17, 15) is 8.42 Å². The van der Waals surface area contributed by atoms with E-state index in [-0.39, 0.29) is 0 Å². The molecule has 0 radical (unpaired) electrons. The van der Waals surface area contributed by atoms with Gasteiger partial charge in [0, 0.05) is 38.4 Å². The topological polar surface area (TPSA) is 52.7 Å². The number of piperazine rings is 1. The Morgan fingerprint density at radius 3 is 2.26 bits per heavy atom. The van der Waals surface area contributed by atoms with Gasteiger partial charge in [-0.05, 0) is 56.6 Å². The molecule has 0 aliphatic carbocycles. The van der Waals surface area contributed by atoms with Crippen molar-refractivity contribution in [3.63, 3.8) is 0 Å². The van der Waals surface area contributed by atoms with Gasteiger partial charge in [0.15, 0.2) is 0 Å². The van der Waals surface area contributed by atoms with Crippen molar-refractivity contribution in [3.05, 3.63) is 59.2 Å². The summed E-state index contributed by atoms with van der Waals surface area (Å²) in [5.41, 5.74) is 4.21. The summed E-state index contributed by atoms with van der Waals surface area (Å²) in [5.74, 6) is 0. The van der Waals surface area contributed by atoms with Crippen LogP contribution >= 0.6 is 0 Å². The number of likely N-dealkylation sites (N-methyl/N-ethyl adjacent to an activating group) is 1. The van der Waals surface area contributed by atoms with Gasteiger partial charge in [-0.2, -0.15) is 0 Å². The Hall–Kier alpha value is -1.89. The Bertz CT molecular complexity index is 871. The summed E-state index contributed by atoms with van der Waals surface area (Å²) in [5, 5.41) is 0. The molecule has 1 fully saturated rings. The van der Waals surface area contributed by atoms with Gasteiger partial charge in [-0.15, -0.1) is 0 Å². The molecule has 0 unspecified atom stereocenters. The molecule has 6 heteroatoms. The lowest BCUT2D eigenvalue weighted by Crippen LogP contribution is -2.44. The molecule has 1 aliphatic rings. The zero-order valence-corrected chi connectivity index (χ0v) is 17.2. The zero-order valence-electron chi connectivity index (χ0n) is 16.4. The number of aryl methyl sites for hydroxylation is 2. The number of rotatable bonds is 6. The Kier molecular flexibility index (Phi) is 6.19. The molecule has 5 nitrogen and oxygen atoms in total. The number of hydrogen-bond acceptors (Lipinski definition) is 4. The summed E-state index contributed by atoms with van der Waals surface area (Å²) in [6.45, 7) is 8.45. The normalized spacial score (nSPS) is 15.9. The van der Waals surface area contributed by atoms with Gasteiger partial charge in [-0.25, -0.2) is 13.1 Å². The van der Waals surface area contributed by atoms with Crippen LogP contribution in [-0.4, -0.2) is 53.1 Å². The summed E-state index contributed by atoms with van der Waals surface area (Å²) in [4.78, 5) is 5.10. The van der Waals surface area contributed by atoms with Crippen molar-refractivity contribution < 1.29 is 8.42 Å². The van der Waals surface area contributed by atoms with E-state index in [1.54, 1.807) is 6.07 Å². The Morgan fingerprint density at radius 2 is 1.63 bits per heavy atom. The first-order chi connectivity index (χ1) is 12.8. The van der Waals surface area contributed by atoms with Gasteiger partial charge in [0.25, 0.3) is 0 Å². The number of hydrogen-bond donors (Lipinski definition) is 1. The predicted molar refractivity (Wildman–Crippen MR) is 111 cm³/mol. The van der Waals surface area contributed by atoms with Crippen LogP contribution in [0, 0.1) is 13.8 Å². The number of anilines is 1. The minimum Gasteiger partial charge on any atom is -0.369 e. The van der Waals surface area contributed by atoms with Gasteiger partial charge in [0.1, 0.15) is 0 Å². The van der Waals surface area contributed by atoms with E-state index in [2.05, 4.69) is 45.8 Å². The van der Waals surface area contributed by atoms with Crippen molar-refractivity contribution in [2.45, 2.75) is 25.2 Å². The zero-order chi connectivity index (χ0) is 19.4. The van der Waals surface area contributed by atoms with E-state index in [4.69, 9.17) is 0 Å². The standard InChI is InChI=1S/C21H29N3O2S/c1-17-4-9-21(18(2)16-17)27(25,26)22-11-10-19-5-7-20(8-6-19)24-14-12-23(3)13-15-24/h4-9,16,22H,10-15H2,1-3H3. The molecular weight excluding hydrogens is 358 g/mol. The molecule has 27 heavy (non-hydrogen) atoms. The molecule has 0 atom stereocenters. The van der Waals surface area contributed by atoms with Crippen LogP contribution in [-0.2, 0) is 16.4 Å². The maximum atomic E-state index is 12.5. The van der Waals surface area contributed by atoms with Crippen molar-refractivity contribution in [2.24, 2.45) is 0 Å². The van der Waals surface area contributed by atoms with E-state index < -0.39 is 10.0 Å². The molecule has 1 aliphatic heterocycles. The van der Waals surface area contributed by atoms with Crippen LogP contribution in [0.3, 0.4) is 0 Å². The second kappa shape index (κ2) is 8.42. The van der Waals surface area contributed by atoms with Crippen LogP contribution in [0.15, 0.2) is 47.4 Å². The van der Waals surface area contributed by atoms with Gasteiger partial charge in [0.2, 0.25) is 10.0 Å². The predicted octanol–water partition coefficient (Wildman–Crippen LogP) is 2.58. The first-order valence-electron chi connectivity index (χ1n) is 9.44. The summed E-state index contributed by atoms with van der Waals surface area (Å²) in [7, 11) is -1.32. The Labute approximate surface area is 163 Å². The highest BCUT2D eigenvalue weighted by atomic mass is 32.2. The maximum Gasteiger partial charge on any atom is 0.240 e. The minimum absolute atomic E-state index is 0.360. The fraction of sp³-hybridized carbons (Fsp3) is 0.429. The van der Waals surface area contributed by atoms with Crippen molar-refractivity contribution in [1.29, 1.82) is 0 Å². The number of benzene rings is 2. The van der Waals surface area contributed by atoms with Crippen LogP contribution in [0.5, 0.6) is 0 Å². The molecule has 3 rings (SSSR count). The van der Waals surface area contributed by atoms with Gasteiger partial charge < -0.3 is 9.80 Å². The second-order valence-corrected chi connectivity index (χ2v) is 9.11. The maximum absolute atomic E-state index is 12.5. The third-order valence-corrected chi connectivity index (χ3v) is 6.75. The summed E-state index contributed by atoms with van der Waals surface area (Å²) >= 11 is 0. The third-order valence-electron chi connectivity index (χ3n) is 5.13. The smallest absolute Gasteiger partial charge is 0.240 e. The van der Waals surface area contributed by atoms with E-state index >= 15 is 0 Å². The van der Waals surface area contributed by atoms with Crippen LogP contribution in [0.4, 0.5) is 5.69 Å². The van der Waals surface area contributed by atoms with Crippen molar-refractivity contribution in [2.75, 3.05) is 44.7 Å². The fourth-order valence-corrected chi connectivity index (χ4v) is 4.70. The van der Waals surface area contributed by atoms with Crippen LogP contribution < -0.4 is 9.62 Å². The first-order valence-corrected chi connectivity index (χ1v) is 10.9. The monoisotopic (exact) mass is 387 g/mol. The Morgan fingerprint density at radius 1 is 0.963 bits per heavy atom. The molecule has 0 aromatic heterocycles. The summed E-state index contributed by atoms with van der Waals surface area (Å²) in [6, 6.07) is 13.9. The first kappa shape index (κ1) is 19.9. The molecule has 1 heterocycles. The van der Waals surface area contributed by atoms with Crippen LogP contribution in [0.2, 0.25) is 0 Å². The molecule has 1 N–H and O–H groups in total. The van der Waals surface area contributed by atoms with E-state index in [0.29, 0.717) is 17.9 Å². The molecule has 0 spiro atoms. The average Bonchev–Trinajstić information content (AvgIpc) is 2.62. The number of nitrogens with one attached hydrogen (secondary N) is 1. The van der Waals surface area contributed by atoms with Crippen molar-refractivity contribution in [3.8, 4) is 0 Å². The molecule has 0 bridgehead atoms. The quantitative estimate of drug-likeness (QED) is 0.828. The largest absolute Gasteiger partial charge is 0.369 e. The fourth-order valence-electron chi connectivity index (χ4n) is 3.45. The van der Waals surface area contributed by atoms with E-state index in [1.807, 2.05) is 26.0 Å². The lowest BCUT2D eigenvalue weighted by atomic mass is 10.1. The van der Waals surface area contributed by atoms with E-state index in [1.165, 1.54) is 5.69 Å². The highest BCUT2D eigenvalue weighted by Crippen LogP contribution is 2.18. The molecule has 2 aromatic rings. The van der Waals surface area contributed by atoms with Crippen LogP contribution in [0.1, 0.15) is 16.7 Å². The molecule has 1 saturated heterocycles. The molecule has 0 saturated carbocycles. The molecule has 0 amide bonds. The number of sulfonamides is 1. The van der Waals surface area contributed by atoms with Crippen LogP contribution in [0.25, 0.3) is 0 Å². The highest BCUT2D eigenvalue weighted by Gasteiger charge is 2.16. The lowest BCUT2D eigenvalue weighted by Gasteiger charge is -2.34. The molecule has 2 aromatic carbocycles. The number of nitrogens with zero attached hydrogens (tertiary/aromatic N) is 2. The van der Waals surface area contributed by atoms with Crippen molar-refractivity contribution >= 4 is 15.7 Å². The summed E-state index contributed by atoms with van der Waals surface area (Å²) in [6.07, 6.45) is 0.674.